The minimum atomic E-state index is 0.0856. The first-order chi connectivity index (χ1) is 15.8. The fourth-order valence-electron chi connectivity index (χ4n) is 4.57. The molecule has 0 atom stereocenters. The molecule has 2 amide bonds. The molecule has 6 nitrogen and oxygen atoms in total. The fourth-order valence-corrected chi connectivity index (χ4v) is 4.57. The number of hydrogen-bond donors (Lipinski definition) is 2. The van der Waals surface area contributed by atoms with Gasteiger partial charge in [0, 0.05) is 61.4 Å². The van der Waals surface area contributed by atoms with E-state index in [1.807, 2.05) is 50.8 Å². The van der Waals surface area contributed by atoms with Crippen molar-refractivity contribution in [1.29, 1.82) is 0 Å². The van der Waals surface area contributed by atoms with E-state index >= 15 is 0 Å². The molecule has 2 aromatic carbocycles. The van der Waals surface area contributed by atoms with Gasteiger partial charge in [0.2, 0.25) is 11.8 Å². The predicted octanol–water partition coefficient (Wildman–Crippen LogP) is 4.36. The molecule has 0 spiro atoms. The number of nitrogens with one attached hydrogen (secondary N) is 2. The number of likely N-dealkylation sites (N-methyl/N-ethyl adjacent to an activating group) is 2. The smallest absolute Gasteiger partial charge is 0.226 e. The Kier molecular flexibility index (Phi) is 6.54. The van der Waals surface area contributed by atoms with Crippen molar-refractivity contribution in [2.75, 3.05) is 27.2 Å². The van der Waals surface area contributed by atoms with Gasteiger partial charge in [-0.2, -0.15) is 0 Å². The van der Waals surface area contributed by atoms with Crippen LogP contribution in [0.15, 0.2) is 48.8 Å². The second-order valence-electron chi connectivity index (χ2n) is 8.96. The summed E-state index contributed by atoms with van der Waals surface area (Å²) in [5, 5.41) is 2.27. The zero-order chi connectivity index (χ0) is 23.5. The van der Waals surface area contributed by atoms with E-state index in [9.17, 15) is 9.59 Å². The van der Waals surface area contributed by atoms with Crippen molar-refractivity contribution in [3.63, 3.8) is 0 Å². The third-order valence-electron chi connectivity index (χ3n) is 6.51. The zero-order valence-corrected chi connectivity index (χ0v) is 19.9. The van der Waals surface area contributed by atoms with Gasteiger partial charge in [0.1, 0.15) is 0 Å². The van der Waals surface area contributed by atoms with E-state index in [0.717, 1.165) is 39.4 Å². The van der Waals surface area contributed by atoms with Crippen LogP contribution in [0.3, 0.4) is 0 Å². The standard InChI is InChI=1S/C27H32N4O2/c1-18-8-5-10-22-26(18)20(16-28-22)14-24(32)30(3)12-7-13-31(4)25(33)15-21-17-29-23-11-6-9-19(2)27(21)23/h5-6,8-11,16-17,28-29H,7,12-15H2,1-4H3. The maximum atomic E-state index is 12.8. The highest BCUT2D eigenvalue weighted by Crippen LogP contribution is 2.24. The average Bonchev–Trinajstić information content (AvgIpc) is 3.39. The Bertz CT molecular complexity index is 1200. The normalized spacial score (nSPS) is 11.3. The minimum absolute atomic E-state index is 0.0856. The van der Waals surface area contributed by atoms with Crippen LogP contribution in [-0.2, 0) is 22.4 Å². The highest BCUT2D eigenvalue weighted by atomic mass is 16.2. The number of aromatic amines is 2. The summed E-state index contributed by atoms with van der Waals surface area (Å²) in [4.78, 5) is 35.6. The topological polar surface area (TPSA) is 72.2 Å². The minimum Gasteiger partial charge on any atom is -0.361 e. The van der Waals surface area contributed by atoms with E-state index in [1.54, 1.807) is 9.80 Å². The Labute approximate surface area is 194 Å². The molecule has 0 aliphatic carbocycles. The van der Waals surface area contributed by atoms with Gasteiger partial charge in [0.25, 0.3) is 0 Å². The lowest BCUT2D eigenvalue weighted by Gasteiger charge is -2.21. The lowest BCUT2D eigenvalue weighted by atomic mass is 10.0. The van der Waals surface area contributed by atoms with Gasteiger partial charge in [-0.1, -0.05) is 24.3 Å². The van der Waals surface area contributed by atoms with Gasteiger partial charge in [0.15, 0.2) is 0 Å². The maximum Gasteiger partial charge on any atom is 0.226 e. The van der Waals surface area contributed by atoms with Crippen molar-refractivity contribution in [3.05, 3.63) is 71.0 Å². The lowest BCUT2D eigenvalue weighted by molar-refractivity contribution is -0.129. The Balaban J connectivity index is 1.28. The largest absolute Gasteiger partial charge is 0.361 e. The lowest BCUT2D eigenvalue weighted by Crippen LogP contribution is -2.34. The number of rotatable bonds is 8. The van der Waals surface area contributed by atoms with E-state index in [-0.39, 0.29) is 11.8 Å². The van der Waals surface area contributed by atoms with Gasteiger partial charge in [-0.05, 0) is 54.7 Å². The zero-order valence-electron chi connectivity index (χ0n) is 19.9. The van der Waals surface area contributed by atoms with Crippen LogP contribution in [0.25, 0.3) is 21.8 Å². The summed E-state index contributed by atoms with van der Waals surface area (Å²) in [5.74, 6) is 0.171. The van der Waals surface area contributed by atoms with Crippen molar-refractivity contribution in [2.45, 2.75) is 33.1 Å². The number of carbonyl (C=O) groups excluding carboxylic acids is 2. The molecule has 0 radical (unpaired) electrons. The van der Waals surface area contributed by atoms with Crippen LogP contribution >= 0.6 is 0 Å². The van der Waals surface area contributed by atoms with Crippen molar-refractivity contribution < 1.29 is 9.59 Å². The summed E-state index contributed by atoms with van der Waals surface area (Å²) < 4.78 is 0. The average molecular weight is 445 g/mol. The van der Waals surface area contributed by atoms with Gasteiger partial charge in [-0.3, -0.25) is 9.59 Å². The summed E-state index contributed by atoms with van der Waals surface area (Å²) >= 11 is 0. The van der Waals surface area contributed by atoms with Crippen LogP contribution in [0, 0.1) is 13.8 Å². The summed E-state index contributed by atoms with van der Waals surface area (Å²) in [6, 6.07) is 12.2. The molecule has 4 rings (SSSR count). The highest BCUT2D eigenvalue weighted by Gasteiger charge is 2.16. The Morgan fingerprint density at radius 2 is 1.15 bits per heavy atom. The molecule has 2 N–H and O–H groups in total. The van der Waals surface area contributed by atoms with Crippen molar-refractivity contribution in [2.24, 2.45) is 0 Å². The molecule has 0 aliphatic heterocycles. The number of aryl methyl sites for hydroxylation is 2. The van der Waals surface area contributed by atoms with Crippen LogP contribution < -0.4 is 0 Å². The molecule has 172 valence electrons. The molecular weight excluding hydrogens is 412 g/mol. The molecule has 2 heterocycles. The Hall–Kier alpha value is -3.54. The van der Waals surface area contributed by atoms with E-state index < -0.39 is 0 Å². The quantitative estimate of drug-likeness (QED) is 0.424. The first-order valence-electron chi connectivity index (χ1n) is 11.4. The first kappa shape index (κ1) is 22.6. The van der Waals surface area contributed by atoms with Crippen LogP contribution in [-0.4, -0.2) is 58.8 Å². The number of nitrogens with zero attached hydrogens (tertiary/aromatic N) is 2. The molecule has 33 heavy (non-hydrogen) atoms. The molecule has 6 heteroatoms. The van der Waals surface area contributed by atoms with Crippen molar-refractivity contribution >= 4 is 33.6 Å². The summed E-state index contributed by atoms with van der Waals surface area (Å²) in [6.07, 6.45) is 5.35. The van der Waals surface area contributed by atoms with Gasteiger partial charge < -0.3 is 19.8 Å². The predicted molar refractivity (Wildman–Crippen MR) is 133 cm³/mol. The maximum absolute atomic E-state index is 12.8. The number of H-pyrrole nitrogens is 2. The van der Waals surface area contributed by atoms with E-state index in [2.05, 4.69) is 35.9 Å². The molecule has 0 saturated carbocycles. The van der Waals surface area contributed by atoms with Crippen molar-refractivity contribution in [3.8, 4) is 0 Å². The highest BCUT2D eigenvalue weighted by molar-refractivity contribution is 5.92. The van der Waals surface area contributed by atoms with E-state index in [4.69, 9.17) is 0 Å². The Morgan fingerprint density at radius 1 is 0.727 bits per heavy atom. The number of carbonyl (C=O) groups is 2. The van der Waals surface area contributed by atoms with Crippen molar-refractivity contribution in [1.82, 2.24) is 19.8 Å². The second kappa shape index (κ2) is 9.53. The monoisotopic (exact) mass is 444 g/mol. The van der Waals surface area contributed by atoms with Gasteiger partial charge in [-0.15, -0.1) is 0 Å². The molecule has 0 aliphatic rings. The Morgan fingerprint density at radius 3 is 1.58 bits per heavy atom. The van der Waals surface area contributed by atoms with Gasteiger partial charge in [0.05, 0.1) is 12.8 Å². The SMILES string of the molecule is Cc1cccc2[nH]cc(CC(=O)N(C)CCCN(C)C(=O)Cc3c[nH]c4cccc(C)c34)c12. The van der Waals surface area contributed by atoms with Gasteiger partial charge in [-0.25, -0.2) is 0 Å². The molecule has 0 unspecified atom stereocenters. The molecule has 4 aromatic rings. The number of aromatic nitrogens is 2. The van der Waals surface area contributed by atoms with Crippen LogP contribution in [0.1, 0.15) is 28.7 Å². The molecule has 2 aromatic heterocycles. The van der Waals surface area contributed by atoms with Crippen LogP contribution in [0.2, 0.25) is 0 Å². The first-order valence-corrected chi connectivity index (χ1v) is 11.4. The number of fused-ring (bicyclic) bond motifs is 2. The molecule has 0 bridgehead atoms. The number of benzene rings is 2. The molecule has 0 saturated heterocycles. The van der Waals surface area contributed by atoms with Crippen LogP contribution in [0.5, 0.6) is 0 Å². The van der Waals surface area contributed by atoms with E-state index in [1.165, 1.54) is 11.1 Å². The summed E-state index contributed by atoms with van der Waals surface area (Å²) in [5.41, 5.74) is 6.52. The van der Waals surface area contributed by atoms with E-state index in [0.29, 0.717) is 25.9 Å². The third-order valence-corrected chi connectivity index (χ3v) is 6.51. The summed E-state index contributed by atoms with van der Waals surface area (Å²) in [7, 11) is 3.67. The number of hydrogen-bond acceptors (Lipinski definition) is 2. The third kappa shape index (κ3) is 4.80. The van der Waals surface area contributed by atoms with Gasteiger partial charge >= 0.3 is 0 Å². The summed E-state index contributed by atoms with van der Waals surface area (Å²) in [6.45, 7) is 5.37. The second-order valence-corrected chi connectivity index (χ2v) is 8.96. The van der Waals surface area contributed by atoms with Crippen LogP contribution in [0.4, 0.5) is 0 Å². The number of amides is 2. The fraction of sp³-hybridized carbons (Fsp3) is 0.333. The molecular formula is C27H32N4O2. The molecule has 0 fully saturated rings.